The molecule has 5 nitrogen and oxygen atoms in total. The Bertz CT molecular complexity index is 569. The summed E-state index contributed by atoms with van der Waals surface area (Å²) in [7, 11) is 0. The number of nitrogens with two attached hydrogens (primary N) is 1. The molecular weight excluding hydrogens is 402 g/mol. The maximum absolute atomic E-state index is 12.5. The molecule has 4 N–H and O–H groups in total. The van der Waals surface area contributed by atoms with Crippen LogP contribution in [0.2, 0.25) is 0 Å². The molecule has 0 aliphatic heterocycles. The Labute approximate surface area is 140 Å². The molecule has 1 amide bonds. The molecule has 2 rings (SSSR count). The third-order valence-electron chi connectivity index (χ3n) is 3.83. The Morgan fingerprint density at radius 3 is 2.52 bits per heavy atom. The number of oxime groups is 1. The summed E-state index contributed by atoms with van der Waals surface area (Å²) >= 11 is 6.74. The number of nitrogens with one attached hydrogen (secondary N) is 1. The molecule has 1 saturated carbocycles. The molecule has 7 heteroatoms. The largest absolute Gasteiger partial charge is 0.409 e. The van der Waals surface area contributed by atoms with E-state index in [0.29, 0.717) is 22.9 Å². The van der Waals surface area contributed by atoms with Crippen LogP contribution in [0.4, 0.5) is 0 Å². The molecule has 1 aliphatic rings. The van der Waals surface area contributed by atoms with Crippen molar-refractivity contribution < 1.29 is 10.0 Å². The minimum atomic E-state index is -0.753. The number of hydrogen-bond acceptors (Lipinski definition) is 3. The van der Waals surface area contributed by atoms with E-state index < -0.39 is 5.54 Å². The summed E-state index contributed by atoms with van der Waals surface area (Å²) in [6, 6.07) is 5.34. The van der Waals surface area contributed by atoms with Gasteiger partial charge in [-0.15, -0.1) is 0 Å². The fraction of sp³-hybridized carbons (Fsp3) is 0.429. The predicted molar refractivity (Wildman–Crippen MR) is 88.5 cm³/mol. The number of carbonyl (C=O) groups is 1. The standard InChI is InChI=1S/C14H17Br2N3O2/c15-9-4-5-10(11(16)8-9)12(20)18-14(13(17)19-21)6-2-1-3-7-14/h4-5,8,21H,1-3,6-7H2,(H2,17,19)(H,18,20). The lowest BCUT2D eigenvalue weighted by molar-refractivity contribution is 0.0905. The highest BCUT2D eigenvalue weighted by molar-refractivity contribution is 9.11. The smallest absolute Gasteiger partial charge is 0.253 e. The van der Waals surface area contributed by atoms with Crippen molar-refractivity contribution in [2.45, 2.75) is 37.6 Å². The zero-order valence-electron chi connectivity index (χ0n) is 11.4. The van der Waals surface area contributed by atoms with E-state index in [0.717, 1.165) is 23.7 Å². The van der Waals surface area contributed by atoms with E-state index in [1.807, 2.05) is 6.07 Å². The van der Waals surface area contributed by atoms with Crippen molar-refractivity contribution in [3.63, 3.8) is 0 Å². The number of benzene rings is 1. The lowest BCUT2D eigenvalue weighted by Gasteiger charge is -2.36. The lowest BCUT2D eigenvalue weighted by Crippen LogP contribution is -2.58. The van der Waals surface area contributed by atoms with E-state index in [1.165, 1.54) is 0 Å². The third kappa shape index (κ3) is 3.58. The van der Waals surface area contributed by atoms with Crippen LogP contribution in [-0.4, -0.2) is 22.5 Å². The maximum atomic E-state index is 12.5. The van der Waals surface area contributed by atoms with Gasteiger partial charge in [0.2, 0.25) is 0 Å². The van der Waals surface area contributed by atoms with Crippen LogP contribution in [0, 0.1) is 0 Å². The van der Waals surface area contributed by atoms with Crippen LogP contribution in [0.25, 0.3) is 0 Å². The van der Waals surface area contributed by atoms with Gasteiger partial charge < -0.3 is 16.3 Å². The molecule has 0 spiro atoms. The number of halogens is 2. The van der Waals surface area contributed by atoms with Crippen molar-refractivity contribution in [2.75, 3.05) is 0 Å². The highest BCUT2D eigenvalue weighted by Gasteiger charge is 2.38. The fourth-order valence-corrected chi connectivity index (χ4v) is 3.88. The molecule has 114 valence electrons. The Kier molecular flexibility index (Phi) is 5.27. The second-order valence-corrected chi connectivity index (χ2v) is 6.98. The molecule has 0 radical (unpaired) electrons. The van der Waals surface area contributed by atoms with E-state index in [-0.39, 0.29) is 11.7 Å². The van der Waals surface area contributed by atoms with Crippen LogP contribution in [0.3, 0.4) is 0 Å². The van der Waals surface area contributed by atoms with E-state index in [4.69, 9.17) is 10.9 Å². The van der Waals surface area contributed by atoms with Gasteiger partial charge >= 0.3 is 0 Å². The summed E-state index contributed by atoms with van der Waals surface area (Å²) < 4.78 is 1.58. The van der Waals surface area contributed by atoms with Crippen LogP contribution in [-0.2, 0) is 0 Å². The SMILES string of the molecule is N/C(=N/O)C1(NC(=O)c2ccc(Br)cc2Br)CCCCC1. The maximum Gasteiger partial charge on any atom is 0.253 e. The first-order valence-electron chi connectivity index (χ1n) is 6.74. The van der Waals surface area contributed by atoms with Crippen molar-refractivity contribution in [2.24, 2.45) is 10.9 Å². The Hall–Kier alpha value is -1.08. The average molecular weight is 419 g/mol. The first-order chi connectivity index (χ1) is 9.98. The summed E-state index contributed by atoms with van der Waals surface area (Å²) in [5, 5.41) is 15.1. The summed E-state index contributed by atoms with van der Waals surface area (Å²) in [5.74, 6) is -0.161. The van der Waals surface area contributed by atoms with Crippen molar-refractivity contribution in [1.82, 2.24) is 5.32 Å². The highest BCUT2D eigenvalue weighted by Crippen LogP contribution is 2.30. The number of nitrogens with zero attached hydrogens (tertiary/aromatic N) is 1. The normalized spacial score (nSPS) is 18.3. The van der Waals surface area contributed by atoms with Crippen LogP contribution in [0.15, 0.2) is 32.3 Å². The zero-order chi connectivity index (χ0) is 15.5. The van der Waals surface area contributed by atoms with E-state index in [9.17, 15) is 4.79 Å². The molecule has 0 atom stereocenters. The molecule has 1 aromatic carbocycles. The van der Waals surface area contributed by atoms with Gasteiger partial charge in [-0.1, -0.05) is 40.3 Å². The first-order valence-corrected chi connectivity index (χ1v) is 8.33. The van der Waals surface area contributed by atoms with Crippen LogP contribution in [0.1, 0.15) is 42.5 Å². The molecule has 0 aromatic heterocycles. The number of carbonyl (C=O) groups excluding carboxylic acids is 1. The van der Waals surface area contributed by atoms with Gasteiger partial charge in [-0.25, -0.2) is 0 Å². The van der Waals surface area contributed by atoms with Crippen LogP contribution < -0.4 is 11.1 Å². The third-order valence-corrected chi connectivity index (χ3v) is 4.98. The average Bonchev–Trinajstić information content (AvgIpc) is 2.47. The van der Waals surface area contributed by atoms with Crippen molar-refractivity contribution in [3.8, 4) is 0 Å². The molecular formula is C14H17Br2N3O2. The van der Waals surface area contributed by atoms with Crippen molar-refractivity contribution >= 4 is 43.6 Å². The summed E-state index contributed by atoms with van der Waals surface area (Å²) in [6.45, 7) is 0. The first kappa shape index (κ1) is 16.3. The topological polar surface area (TPSA) is 87.7 Å². The van der Waals surface area contributed by atoms with Crippen molar-refractivity contribution in [1.29, 1.82) is 0 Å². The van der Waals surface area contributed by atoms with Gasteiger partial charge in [0, 0.05) is 8.95 Å². The summed E-state index contributed by atoms with van der Waals surface area (Å²) in [5.41, 5.74) is 5.61. The minimum Gasteiger partial charge on any atom is -0.409 e. The molecule has 1 aliphatic carbocycles. The molecule has 21 heavy (non-hydrogen) atoms. The highest BCUT2D eigenvalue weighted by atomic mass is 79.9. The van der Waals surface area contributed by atoms with Gasteiger partial charge in [0.05, 0.1) is 5.56 Å². The molecule has 0 unspecified atom stereocenters. The van der Waals surface area contributed by atoms with E-state index in [1.54, 1.807) is 12.1 Å². The molecule has 1 aromatic rings. The van der Waals surface area contributed by atoms with Gasteiger partial charge in [-0.05, 0) is 47.0 Å². The number of amides is 1. The van der Waals surface area contributed by atoms with Crippen molar-refractivity contribution in [3.05, 3.63) is 32.7 Å². The molecule has 0 saturated heterocycles. The van der Waals surface area contributed by atoms with Crippen LogP contribution in [0.5, 0.6) is 0 Å². The Morgan fingerprint density at radius 2 is 1.95 bits per heavy atom. The van der Waals surface area contributed by atoms with Gasteiger partial charge in [0.15, 0.2) is 5.84 Å². The Balaban J connectivity index is 2.26. The fourth-order valence-electron chi connectivity index (χ4n) is 2.65. The zero-order valence-corrected chi connectivity index (χ0v) is 14.6. The second kappa shape index (κ2) is 6.79. The summed E-state index contributed by atoms with van der Waals surface area (Å²) in [6.07, 6.45) is 4.35. The van der Waals surface area contributed by atoms with Gasteiger partial charge in [-0.2, -0.15) is 0 Å². The quantitative estimate of drug-likeness (QED) is 0.304. The number of rotatable bonds is 3. The predicted octanol–water partition coefficient (Wildman–Crippen LogP) is 3.39. The van der Waals surface area contributed by atoms with Gasteiger partial charge in [0.25, 0.3) is 5.91 Å². The monoisotopic (exact) mass is 417 g/mol. The molecule has 1 fully saturated rings. The number of hydrogen-bond donors (Lipinski definition) is 3. The lowest BCUT2D eigenvalue weighted by atomic mass is 9.80. The molecule has 0 bridgehead atoms. The van der Waals surface area contributed by atoms with Crippen LogP contribution >= 0.6 is 31.9 Å². The van der Waals surface area contributed by atoms with Gasteiger partial charge in [0.1, 0.15) is 5.54 Å². The Morgan fingerprint density at radius 1 is 1.29 bits per heavy atom. The summed E-state index contributed by atoms with van der Waals surface area (Å²) in [4.78, 5) is 12.5. The molecule has 0 heterocycles. The van der Waals surface area contributed by atoms with Gasteiger partial charge in [-0.3, -0.25) is 4.79 Å². The minimum absolute atomic E-state index is 0.0729. The second-order valence-electron chi connectivity index (χ2n) is 5.21. The van der Waals surface area contributed by atoms with E-state index in [2.05, 4.69) is 42.3 Å². The van der Waals surface area contributed by atoms with E-state index >= 15 is 0 Å². The number of amidine groups is 1.